The minimum absolute atomic E-state index is 0.758. The highest BCUT2D eigenvalue weighted by atomic mass is 35.5. The van der Waals surface area contributed by atoms with Crippen LogP contribution >= 0.6 is 11.6 Å². The summed E-state index contributed by atoms with van der Waals surface area (Å²) < 4.78 is 0. The molecule has 3 heteroatoms. The molecule has 0 unspecified atom stereocenters. The van der Waals surface area contributed by atoms with Gasteiger partial charge < -0.3 is 4.90 Å². The van der Waals surface area contributed by atoms with Gasteiger partial charge in [-0.2, -0.15) is 0 Å². The summed E-state index contributed by atoms with van der Waals surface area (Å²) in [7, 11) is 0. The van der Waals surface area contributed by atoms with E-state index in [9.17, 15) is 0 Å². The molecule has 0 fully saturated rings. The molecule has 21 heavy (non-hydrogen) atoms. The van der Waals surface area contributed by atoms with Crippen LogP contribution < -0.4 is 4.90 Å². The largest absolute Gasteiger partial charge is 0.366 e. The second-order valence-corrected chi connectivity index (χ2v) is 5.87. The molecule has 0 radical (unpaired) electrons. The molecule has 4 rings (SSSR count). The molecule has 0 bridgehead atoms. The van der Waals surface area contributed by atoms with Crippen molar-refractivity contribution in [1.82, 2.24) is 4.98 Å². The molecule has 1 aliphatic rings. The molecule has 2 heterocycles. The fourth-order valence-electron chi connectivity index (χ4n) is 3.08. The zero-order chi connectivity index (χ0) is 14.2. The molecular formula is C18H15ClN2. The van der Waals surface area contributed by atoms with Crippen LogP contribution in [0.1, 0.15) is 11.1 Å². The second-order valence-electron chi connectivity index (χ2n) is 5.43. The first-order valence-electron chi connectivity index (χ1n) is 7.17. The predicted octanol–water partition coefficient (Wildman–Crippen LogP) is 4.45. The van der Waals surface area contributed by atoms with Crippen molar-refractivity contribution in [2.75, 3.05) is 11.4 Å². The van der Waals surface area contributed by atoms with E-state index in [1.807, 2.05) is 24.4 Å². The van der Waals surface area contributed by atoms with Crippen molar-refractivity contribution in [2.45, 2.75) is 13.0 Å². The minimum atomic E-state index is 0.758. The lowest BCUT2D eigenvalue weighted by molar-refractivity contribution is 0.734. The molecule has 0 atom stereocenters. The average molecular weight is 295 g/mol. The van der Waals surface area contributed by atoms with Crippen molar-refractivity contribution in [3.8, 4) is 0 Å². The summed E-state index contributed by atoms with van der Waals surface area (Å²) in [4.78, 5) is 6.86. The molecule has 1 aliphatic heterocycles. The van der Waals surface area contributed by atoms with Gasteiger partial charge in [-0.05, 0) is 41.8 Å². The summed E-state index contributed by atoms with van der Waals surface area (Å²) >= 11 is 6.16. The molecule has 1 aromatic heterocycles. The van der Waals surface area contributed by atoms with Gasteiger partial charge in [0, 0.05) is 35.4 Å². The third-order valence-electron chi connectivity index (χ3n) is 4.15. The number of rotatable bonds is 1. The molecule has 2 aromatic carbocycles. The Morgan fingerprint density at radius 2 is 1.86 bits per heavy atom. The number of halogens is 1. The molecule has 0 N–H and O–H groups in total. The molecule has 104 valence electrons. The van der Waals surface area contributed by atoms with Gasteiger partial charge in [0.25, 0.3) is 0 Å². The van der Waals surface area contributed by atoms with E-state index in [1.54, 1.807) is 0 Å². The molecule has 0 saturated heterocycles. The van der Waals surface area contributed by atoms with Gasteiger partial charge in [0.2, 0.25) is 0 Å². The van der Waals surface area contributed by atoms with E-state index >= 15 is 0 Å². The highest BCUT2D eigenvalue weighted by Gasteiger charge is 2.18. The van der Waals surface area contributed by atoms with Crippen LogP contribution in [0.4, 0.5) is 5.69 Å². The maximum Gasteiger partial charge on any atom is 0.0723 e. The number of aromatic nitrogens is 1. The van der Waals surface area contributed by atoms with Crippen LogP contribution in [-0.4, -0.2) is 11.5 Å². The summed E-state index contributed by atoms with van der Waals surface area (Å²) in [5, 5.41) is 1.89. The monoisotopic (exact) mass is 294 g/mol. The topological polar surface area (TPSA) is 16.1 Å². The van der Waals surface area contributed by atoms with Crippen LogP contribution in [0.2, 0.25) is 5.02 Å². The van der Waals surface area contributed by atoms with Gasteiger partial charge >= 0.3 is 0 Å². The summed E-state index contributed by atoms with van der Waals surface area (Å²) in [5.74, 6) is 0. The van der Waals surface area contributed by atoms with Gasteiger partial charge in [-0.1, -0.05) is 35.9 Å². The molecular weight excluding hydrogens is 280 g/mol. The van der Waals surface area contributed by atoms with Crippen LogP contribution in [0, 0.1) is 0 Å². The van der Waals surface area contributed by atoms with Gasteiger partial charge in [-0.25, -0.2) is 0 Å². The Labute approximate surface area is 129 Å². The number of benzene rings is 2. The normalized spacial score (nSPS) is 14.2. The van der Waals surface area contributed by atoms with E-state index in [2.05, 4.69) is 40.2 Å². The van der Waals surface area contributed by atoms with Crippen LogP contribution in [0.25, 0.3) is 10.9 Å². The van der Waals surface area contributed by atoms with E-state index < -0.39 is 0 Å². The van der Waals surface area contributed by atoms with E-state index in [0.29, 0.717) is 0 Å². The van der Waals surface area contributed by atoms with E-state index in [-0.39, 0.29) is 0 Å². The van der Waals surface area contributed by atoms with E-state index in [0.717, 1.165) is 35.4 Å². The zero-order valence-electron chi connectivity index (χ0n) is 11.6. The van der Waals surface area contributed by atoms with E-state index in [4.69, 9.17) is 11.6 Å². The molecule has 0 aliphatic carbocycles. The average Bonchev–Trinajstić information content (AvgIpc) is 2.54. The van der Waals surface area contributed by atoms with Crippen molar-refractivity contribution < 1.29 is 0 Å². The SMILES string of the molecule is Clc1ccc2nccc(N3CCc4ccccc4C3)c2c1. The first kappa shape index (κ1) is 12.7. The Balaban J connectivity index is 1.80. The first-order chi connectivity index (χ1) is 10.3. The molecule has 0 amide bonds. The standard InChI is InChI=1S/C18H15ClN2/c19-15-5-6-17-16(11-15)18(7-9-20-17)21-10-8-13-3-1-2-4-14(13)12-21/h1-7,9,11H,8,10,12H2. The lowest BCUT2D eigenvalue weighted by Crippen LogP contribution is -2.30. The van der Waals surface area contributed by atoms with Crippen molar-refractivity contribution in [2.24, 2.45) is 0 Å². The number of anilines is 1. The van der Waals surface area contributed by atoms with Crippen molar-refractivity contribution in [1.29, 1.82) is 0 Å². The Bertz CT molecular complexity index is 813. The predicted molar refractivity (Wildman–Crippen MR) is 87.9 cm³/mol. The fourth-order valence-corrected chi connectivity index (χ4v) is 3.25. The van der Waals surface area contributed by atoms with E-state index in [1.165, 1.54) is 16.8 Å². The molecule has 2 nitrogen and oxygen atoms in total. The number of pyridine rings is 1. The maximum atomic E-state index is 6.16. The van der Waals surface area contributed by atoms with Crippen LogP contribution in [0.15, 0.2) is 54.7 Å². The Hall–Kier alpha value is -2.06. The summed E-state index contributed by atoms with van der Waals surface area (Å²) in [6.07, 6.45) is 2.96. The molecule has 3 aromatic rings. The number of hydrogen-bond donors (Lipinski definition) is 0. The summed E-state index contributed by atoms with van der Waals surface area (Å²) in [6.45, 7) is 1.98. The third-order valence-corrected chi connectivity index (χ3v) is 4.39. The Kier molecular flexibility index (Phi) is 3.04. The fraction of sp³-hybridized carbons (Fsp3) is 0.167. The molecule has 0 spiro atoms. The third kappa shape index (κ3) is 2.26. The van der Waals surface area contributed by atoms with Crippen LogP contribution in [-0.2, 0) is 13.0 Å². The summed E-state index contributed by atoms with van der Waals surface area (Å²) in [6, 6.07) is 16.7. The van der Waals surface area contributed by atoms with Gasteiger partial charge in [0.1, 0.15) is 0 Å². The minimum Gasteiger partial charge on any atom is -0.366 e. The van der Waals surface area contributed by atoms with Crippen molar-refractivity contribution in [3.63, 3.8) is 0 Å². The maximum absolute atomic E-state index is 6.16. The highest BCUT2D eigenvalue weighted by molar-refractivity contribution is 6.31. The number of nitrogens with zero attached hydrogens (tertiary/aromatic N) is 2. The Morgan fingerprint density at radius 1 is 1.00 bits per heavy atom. The van der Waals surface area contributed by atoms with Crippen LogP contribution in [0.5, 0.6) is 0 Å². The number of hydrogen-bond acceptors (Lipinski definition) is 2. The first-order valence-corrected chi connectivity index (χ1v) is 7.55. The number of fused-ring (bicyclic) bond motifs is 2. The Morgan fingerprint density at radius 3 is 2.76 bits per heavy atom. The quantitative estimate of drug-likeness (QED) is 0.659. The highest BCUT2D eigenvalue weighted by Crippen LogP contribution is 2.31. The van der Waals surface area contributed by atoms with Crippen molar-refractivity contribution >= 4 is 28.2 Å². The van der Waals surface area contributed by atoms with Crippen LogP contribution in [0.3, 0.4) is 0 Å². The smallest absolute Gasteiger partial charge is 0.0723 e. The van der Waals surface area contributed by atoms with Gasteiger partial charge in [-0.15, -0.1) is 0 Å². The van der Waals surface area contributed by atoms with Gasteiger partial charge in [0.05, 0.1) is 5.52 Å². The van der Waals surface area contributed by atoms with Gasteiger partial charge in [0.15, 0.2) is 0 Å². The summed E-state index contributed by atoms with van der Waals surface area (Å²) in [5.41, 5.74) is 5.09. The lowest BCUT2D eigenvalue weighted by atomic mass is 9.99. The second kappa shape index (κ2) is 5.05. The van der Waals surface area contributed by atoms with Gasteiger partial charge in [-0.3, -0.25) is 4.98 Å². The molecule has 0 saturated carbocycles. The van der Waals surface area contributed by atoms with Crippen molar-refractivity contribution in [3.05, 3.63) is 70.9 Å². The lowest BCUT2D eigenvalue weighted by Gasteiger charge is -2.31. The zero-order valence-corrected chi connectivity index (χ0v) is 12.3.